The van der Waals surface area contributed by atoms with Crippen molar-refractivity contribution in [1.29, 1.82) is 0 Å². The molecular formula is C15H31N2O6P. The van der Waals surface area contributed by atoms with Gasteiger partial charge in [0.15, 0.2) is 0 Å². The Morgan fingerprint density at radius 3 is 1.62 bits per heavy atom. The highest BCUT2D eigenvalue weighted by Crippen LogP contribution is 2.36. The van der Waals surface area contributed by atoms with Crippen LogP contribution in [0, 0.1) is 0 Å². The van der Waals surface area contributed by atoms with Gasteiger partial charge in [0.1, 0.15) is 18.4 Å². The van der Waals surface area contributed by atoms with Crippen LogP contribution in [0.2, 0.25) is 0 Å². The molecule has 3 atom stereocenters. The highest BCUT2D eigenvalue weighted by Gasteiger charge is 2.31. The minimum absolute atomic E-state index is 0.290. The molecule has 9 heteroatoms. The van der Waals surface area contributed by atoms with Gasteiger partial charge in [0.05, 0.1) is 13.2 Å². The molecule has 0 spiro atoms. The summed E-state index contributed by atoms with van der Waals surface area (Å²) in [6.45, 7) is 7.50. The highest BCUT2D eigenvalue weighted by molar-refractivity contribution is 7.59. The number of aliphatic hydroxyl groups is 1. The maximum atomic E-state index is 12.6. The fourth-order valence-corrected chi connectivity index (χ4v) is 3.43. The van der Waals surface area contributed by atoms with Crippen molar-refractivity contribution >= 4 is 19.4 Å². The molecule has 0 heterocycles. The van der Waals surface area contributed by atoms with Gasteiger partial charge in [-0.2, -0.15) is 0 Å². The van der Waals surface area contributed by atoms with Crippen LogP contribution >= 0.6 is 7.44 Å². The number of esters is 2. The smallest absolute Gasteiger partial charge is 0.323 e. The van der Waals surface area contributed by atoms with Gasteiger partial charge in [-0.1, -0.05) is 26.7 Å². The number of nitrogens with one attached hydrogen (secondary N) is 2. The fourth-order valence-electron chi connectivity index (χ4n) is 1.73. The average molecular weight is 366 g/mol. The van der Waals surface area contributed by atoms with E-state index in [4.69, 9.17) is 9.47 Å². The molecule has 142 valence electrons. The number of hydrogen-bond acceptors (Lipinski definition) is 6. The Kier molecular flexibility index (Phi) is 11.9. The number of carbonyl (C=O) groups excluding carboxylic acids is 2. The van der Waals surface area contributed by atoms with Gasteiger partial charge in [-0.3, -0.25) is 14.2 Å². The largest absolute Gasteiger partial charge is 0.465 e. The second-order valence-corrected chi connectivity index (χ2v) is 7.90. The summed E-state index contributed by atoms with van der Waals surface area (Å²) in [6, 6.07) is -1.76. The first-order valence-electron chi connectivity index (χ1n) is 8.38. The lowest BCUT2D eigenvalue weighted by Crippen LogP contribution is -2.42. The first-order chi connectivity index (χ1) is 11.3. The molecular weight excluding hydrogens is 335 g/mol. The third kappa shape index (κ3) is 9.37. The molecule has 0 aliphatic carbocycles. The van der Waals surface area contributed by atoms with E-state index >= 15 is 0 Å². The quantitative estimate of drug-likeness (QED) is 0.257. The molecule has 0 aromatic heterocycles. The molecule has 24 heavy (non-hydrogen) atoms. The monoisotopic (exact) mass is 366 g/mol. The van der Waals surface area contributed by atoms with Crippen molar-refractivity contribution in [3.8, 4) is 0 Å². The molecule has 0 aliphatic rings. The summed E-state index contributed by atoms with van der Waals surface area (Å²) in [6.07, 6.45) is 2.53. The lowest BCUT2D eigenvalue weighted by Gasteiger charge is -2.24. The van der Waals surface area contributed by atoms with Crippen molar-refractivity contribution < 1.29 is 28.7 Å². The Morgan fingerprint density at radius 1 is 0.958 bits per heavy atom. The maximum absolute atomic E-state index is 12.6. The summed E-state index contributed by atoms with van der Waals surface area (Å²) in [4.78, 5) is 23.6. The van der Waals surface area contributed by atoms with Crippen molar-refractivity contribution in [1.82, 2.24) is 10.2 Å². The topological polar surface area (TPSA) is 114 Å². The van der Waals surface area contributed by atoms with Gasteiger partial charge >= 0.3 is 11.9 Å². The number of aliphatic hydroxyl groups excluding tert-OH is 1. The summed E-state index contributed by atoms with van der Waals surface area (Å²) < 4.78 is 22.6. The van der Waals surface area contributed by atoms with Crippen LogP contribution in [0.3, 0.4) is 0 Å². The molecule has 8 nitrogen and oxygen atoms in total. The zero-order valence-corrected chi connectivity index (χ0v) is 15.9. The number of rotatable bonds is 13. The molecule has 0 amide bonds. The molecule has 0 rings (SSSR count). The van der Waals surface area contributed by atoms with Crippen LogP contribution in [0.25, 0.3) is 0 Å². The predicted octanol–water partition coefficient (Wildman–Crippen LogP) is 1.77. The van der Waals surface area contributed by atoms with Crippen molar-refractivity contribution in [3.05, 3.63) is 0 Å². The van der Waals surface area contributed by atoms with Crippen LogP contribution in [-0.4, -0.2) is 48.7 Å². The van der Waals surface area contributed by atoms with E-state index in [0.29, 0.717) is 13.2 Å². The number of hydrogen-bond donors (Lipinski definition) is 3. The highest BCUT2D eigenvalue weighted by atomic mass is 31.2. The number of ether oxygens (including phenoxy) is 2. The van der Waals surface area contributed by atoms with E-state index in [-0.39, 0.29) is 0 Å². The van der Waals surface area contributed by atoms with Gasteiger partial charge in [0, 0.05) is 0 Å². The molecule has 0 aliphatic heterocycles. The Morgan fingerprint density at radius 2 is 1.33 bits per heavy atom. The predicted molar refractivity (Wildman–Crippen MR) is 91.6 cm³/mol. The summed E-state index contributed by atoms with van der Waals surface area (Å²) in [5.41, 5.74) is 0. The first kappa shape index (κ1) is 23.1. The molecule has 0 radical (unpaired) electrons. The van der Waals surface area contributed by atoms with E-state index in [1.165, 1.54) is 13.8 Å². The molecule has 0 aromatic carbocycles. The number of carbonyl (C=O) groups is 2. The van der Waals surface area contributed by atoms with Crippen LogP contribution in [0.1, 0.15) is 53.4 Å². The minimum atomic E-state index is -3.54. The van der Waals surface area contributed by atoms with Gasteiger partial charge < -0.3 is 14.6 Å². The van der Waals surface area contributed by atoms with Crippen LogP contribution in [-0.2, 0) is 23.6 Å². The second-order valence-electron chi connectivity index (χ2n) is 5.62. The molecule has 2 unspecified atom stereocenters. The summed E-state index contributed by atoms with van der Waals surface area (Å²) >= 11 is 0. The third-order valence-electron chi connectivity index (χ3n) is 3.20. The van der Waals surface area contributed by atoms with Crippen molar-refractivity contribution in [2.45, 2.75) is 65.5 Å². The average Bonchev–Trinajstić information content (AvgIpc) is 2.54. The van der Waals surface area contributed by atoms with E-state index in [1.54, 1.807) is 0 Å². The summed E-state index contributed by atoms with van der Waals surface area (Å²) in [7, 11) is -3.54. The lowest BCUT2D eigenvalue weighted by atomic mass is 10.3. The maximum Gasteiger partial charge on any atom is 0.323 e. The minimum Gasteiger partial charge on any atom is -0.465 e. The molecule has 0 aromatic rings. The Hall–Kier alpha value is -0.950. The van der Waals surface area contributed by atoms with E-state index in [9.17, 15) is 19.3 Å². The van der Waals surface area contributed by atoms with Gasteiger partial charge in [0.25, 0.3) is 0 Å². The standard InChI is InChI=1S/C15H31N2O6P/c1-5-7-9-22-14(19)12(3)16-24(21,11-18)17-13(4)15(20)23-10-8-6-2/h12-13,18H,5-11H2,1-4H3,(H2,16,17,21)/t12-,13?,24?/m0/s1. The Balaban J connectivity index is 4.52. The van der Waals surface area contributed by atoms with Crippen molar-refractivity contribution in [3.63, 3.8) is 0 Å². The Labute approximate surface area is 144 Å². The first-order valence-corrected chi connectivity index (χ1v) is 10.3. The van der Waals surface area contributed by atoms with Gasteiger partial charge in [-0.15, -0.1) is 0 Å². The summed E-state index contributed by atoms with van der Waals surface area (Å²) in [5, 5.41) is 14.5. The molecule has 0 fully saturated rings. The van der Waals surface area contributed by atoms with Crippen LogP contribution in [0.5, 0.6) is 0 Å². The normalized spacial score (nSPS) is 16.0. The Bertz CT molecular complexity index is 398. The van der Waals surface area contributed by atoms with Crippen molar-refractivity contribution in [2.75, 3.05) is 19.6 Å². The van der Waals surface area contributed by atoms with Crippen LogP contribution < -0.4 is 10.2 Å². The molecule has 0 bridgehead atoms. The van der Waals surface area contributed by atoms with E-state index in [2.05, 4.69) is 10.2 Å². The van der Waals surface area contributed by atoms with Gasteiger partial charge in [-0.25, -0.2) is 10.2 Å². The molecule has 3 N–H and O–H groups in total. The number of unbranched alkanes of at least 4 members (excludes halogenated alkanes) is 2. The fraction of sp³-hybridized carbons (Fsp3) is 0.867. The van der Waals surface area contributed by atoms with E-state index in [1.807, 2.05) is 13.8 Å². The lowest BCUT2D eigenvalue weighted by molar-refractivity contribution is -0.145. The third-order valence-corrected chi connectivity index (χ3v) is 5.20. The van der Waals surface area contributed by atoms with E-state index in [0.717, 1.165) is 25.7 Å². The molecule has 0 saturated carbocycles. The van der Waals surface area contributed by atoms with Gasteiger partial charge in [-0.05, 0) is 26.7 Å². The van der Waals surface area contributed by atoms with Crippen LogP contribution in [0.15, 0.2) is 0 Å². The van der Waals surface area contributed by atoms with Gasteiger partial charge in [0.2, 0.25) is 7.44 Å². The zero-order chi connectivity index (χ0) is 18.6. The zero-order valence-electron chi connectivity index (χ0n) is 15.0. The molecule has 0 saturated heterocycles. The van der Waals surface area contributed by atoms with Crippen molar-refractivity contribution in [2.24, 2.45) is 0 Å². The SMILES string of the molecule is CCCCOC(=O)C(C)NP(=O)(CO)N[C@@H](C)C(=O)OCCCC. The van der Waals surface area contributed by atoms with E-state index < -0.39 is 37.8 Å². The van der Waals surface area contributed by atoms with Crippen LogP contribution in [0.4, 0.5) is 0 Å². The second kappa shape index (κ2) is 12.4. The summed E-state index contributed by atoms with van der Waals surface area (Å²) in [5.74, 6) is -1.12.